The maximum atomic E-state index is 12.3. The molecular formula is C57H63ClN4O18. The second kappa shape index (κ2) is 33.8. The number of carbonyl (C=O) groups excluding carboxylic acids is 11. The van der Waals surface area contributed by atoms with Gasteiger partial charge < -0.3 is 40.5 Å². The molecule has 2 unspecified atom stereocenters. The third-order valence-electron chi connectivity index (χ3n) is 12.1. The molecule has 0 aliphatic heterocycles. The molecule has 0 saturated heterocycles. The van der Waals surface area contributed by atoms with E-state index in [0.717, 1.165) is 28.3 Å². The van der Waals surface area contributed by atoms with Gasteiger partial charge in [0, 0.05) is 65.1 Å². The number of carboxylic acids is 1. The van der Waals surface area contributed by atoms with Crippen LogP contribution in [0.5, 0.6) is 0 Å². The number of alkyl halides is 1. The Bertz CT molecular complexity index is 2950. The Balaban J connectivity index is 0.000000283. The minimum atomic E-state index is -1.52. The number of primary amides is 2. The van der Waals surface area contributed by atoms with Gasteiger partial charge in [-0.25, -0.2) is 16.6 Å². The SMILES string of the molecule is CCOC(=O)C(CC(=O)c1ccc(CCC(N)=O)cc1)C(=O)O.COC(=O)C1=CC(=O)c2ccc(CCCON)cc2C1=O.COC(=O)C1CC(=O)c2ccc(CCCON)cc2C1=O.NC(=O)CCc1ccc(C(=O)CCl)cc1. The highest BCUT2D eigenvalue weighted by molar-refractivity contribution is 6.33. The topological polar surface area (TPSA) is 375 Å². The van der Waals surface area contributed by atoms with Crippen LogP contribution in [0.4, 0.5) is 0 Å². The van der Waals surface area contributed by atoms with E-state index in [9.17, 15) is 57.5 Å². The number of amides is 2. The number of ketones is 6. The highest BCUT2D eigenvalue weighted by Crippen LogP contribution is 2.28. The largest absolute Gasteiger partial charge is 0.481 e. The van der Waals surface area contributed by atoms with Crippen molar-refractivity contribution in [3.8, 4) is 0 Å². The number of hydrogen-bond acceptors (Lipinski definition) is 19. The quantitative estimate of drug-likeness (QED) is 0.00940. The number of halogens is 1. The maximum absolute atomic E-state index is 12.3. The first-order chi connectivity index (χ1) is 38.1. The number of hydrogen-bond donors (Lipinski definition) is 5. The van der Waals surface area contributed by atoms with Crippen molar-refractivity contribution in [3.05, 3.63) is 152 Å². The van der Waals surface area contributed by atoms with E-state index in [2.05, 4.69) is 23.9 Å². The predicted octanol–water partition coefficient (Wildman–Crippen LogP) is 4.52. The van der Waals surface area contributed by atoms with Crippen LogP contribution in [-0.4, -0.2) is 115 Å². The average Bonchev–Trinajstić information content (AvgIpc) is 3.45. The minimum absolute atomic E-state index is 0.0133. The van der Waals surface area contributed by atoms with Crippen molar-refractivity contribution in [1.82, 2.24) is 0 Å². The Hall–Kier alpha value is -8.41. The molecule has 0 aromatic heterocycles. The molecule has 4 aromatic carbocycles. The third-order valence-corrected chi connectivity index (χ3v) is 12.3. The van der Waals surface area contributed by atoms with Crippen molar-refractivity contribution in [1.29, 1.82) is 0 Å². The molecule has 9 N–H and O–H groups in total. The fourth-order valence-electron chi connectivity index (χ4n) is 7.80. The van der Waals surface area contributed by atoms with Crippen LogP contribution in [0, 0.1) is 11.8 Å². The molecule has 2 amide bonds. The van der Waals surface area contributed by atoms with Crippen LogP contribution in [0.2, 0.25) is 0 Å². The van der Waals surface area contributed by atoms with Gasteiger partial charge in [0.1, 0.15) is 11.5 Å². The summed E-state index contributed by atoms with van der Waals surface area (Å²) in [6.45, 7) is 2.42. The van der Waals surface area contributed by atoms with Gasteiger partial charge >= 0.3 is 23.9 Å². The van der Waals surface area contributed by atoms with Gasteiger partial charge in [-0.1, -0.05) is 72.8 Å². The number of aryl methyl sites for hydroxylation is 4. The second-order valence-electron chi connectivity index (χ2n) is 17.7. The summed E-state index contributed by atoms with van der Waals surface area (Å²) < 4.78 is 13.8. The van der Waals surface area contributed by atoms with Crippen molar-refractivity contribution < 1.29 is 86.5 Å². The Morgan fingerprint density at radius 3 is 1.57 bits per heavy atom. The first kappa shape index (κ1) is 65.9. The standard InChI is InChI=1S/C16H19NO6.C15H17NO5.C15H15NO5.C11H12ClNO2/c1-2-23-16(22)12(15(20)21)9-13(18)11-6-3-10(4-7-11)5-8-14(17)19;2*1-20-15(19)12-8-13(17)10-5-4-9(3-2-6-21-16)7-11(10)14(12)18;12-7-10(14)9-4-1-8(2-5-9)3-6-11(13)15/h3-4,6-7,12H,2,5,8-9H2,1H3,(H2,17,19)(H,20,21);4-5,7,12H,2-3,6,8,16H2,1H3;4-5,7-8H,2-3,6,16H2,1H3;1-2,4-5H,3,6-7H2,(H2,13,15). The highest BCUT2D eigenvalue weighted by atomic mass is 35.5. The van der Waals surface area contributed by atoms with E-state index >= 15 is 0 Å². The van der Waals surface area contributed by atoms with Gasteiger partial charge in [-0.2, -0.15) is 0 Å². The molecule has 0 bridgehead atoms. The zero-order valence-corrected chi connectivity index (χ0v) is 45.0. The van der Waals surface area contributed by atoms with Crippen molar-refractivity contribution in [2.45, 2.75) is 71.1 Å². The Labute approximate surface area is 465 Å². The summed E-state index contributed by atoms with van der Waals surface area (Å²) in [7, 11) is 2.37. The number of esters is 3. The summed E-state index contributed by atoms with van der Waals surface area (Å²) in [4.78, 5) is 148. The van der Waals surface area contributed by atoms with E-state index in [-0.39, 0.29) is 65.5 Å². The van der Waals surface area contributed by atoms with E-state index in [1.807, 2.05) is 12.1 Å². The number of carboxylic acid groups (broad SMARTS) is 1. The van der Waals surface area contributed by atoms with E-state index in [1.165, 1.54) is 26.4 Å². The van der Waals surface area contributed by atoms with Gasteiger partial charge in [-0.3, -0.25) is 52.7 Å². The van der Waals surface area contributed by atoms with Crippen LogP contribution in [0.25, 0.3) is 0 Å². The fraction of sp³-hybridized carbons (Fsp3) is 0.333. The number of rotatable bonds is 24. The molecule has 2 aliphatic rings. The summed E-state index contributed by atoms with van der Waals surface area (Å²) in [5, 5.41) is 9.04. The number of carbonyl (C=O) groups is 12. The second-order valence-corrected chi connectivity index (χ2v) is 17.9. The van der Waals surface area contributed by atoms with Crippen LogP contribution in [0.15, 0.2) is 96.6 Å². The van der Waals surface area contributed by atoms with Crippen molar-refractivity contribution in [3.63, 3.8) is 0 Å². The number of benzene rings is 4. The Kier molecular flexibility index (Phi) is 27.8. The van der Waals surface area contributed by atoms with Crippen LogP contribution in [0.1, 0.15) is 130 Å². The number of aliphatic carboxylic acids is 1. The zero-order valence-electron chi connectivity index (χ0n) is 44.3. The number of allylic oxidation sites excluding steroid dienone is 1. The number of fused-ring (bicyclic) bond motifs is 2. The van der Waals surface area contributed by atoms with Crippen molar-refractivity contribution >= 4 is 82.0 Å². The molecule has 23 heteroatoms. The smallest absolute Gasteiger partial charge is 0.342 e. The van der Waals surface area contributed by atoms with Crippen molar-refractivity contribution in [2.24, 2.45) is 35.1 Å². The van der Waals surface area contributed by atoms with Crippen LogP contribution in [0.3, 0.4) is 0 Å². The summed E-state index contributed by atoms with van der Waals surface area (Å²) in [5.74, 6) is 0.833. The molecule has 2 aliphatic carbocycles. The van der Waals surface area contributed by atoms with Crippen LogP contribution < -0.4 is 23.3 Å². The molecule has 0 spiro atoms. The number of methoxy groups -OCH3 is 2. The molecule has 2 atom stereocenters. The monoisotopic (exact) mass is 1130 g/mol. The van der Waals surface area contributed by atoms with Gasteiger partial charge in [0.05, 0.1) is 39.9 Å². The van der Waals surface area contributed by atoms with Crippen molar-refractivity contribution in [2.75, 3.05) is 39.9 Å². The third kappa shape index (κ3) is 20.4. The number of nitrogens with two attached hydrogens (primary N) is 4. The van der Waals surface area contributed by atoms with E-state index in [0.29, 0.717) is 86.0 Å². The minimum Gasteiger partial charge on any atom is -0.481 e. The van der Waals surface area contributed by atoms with E-state index < -0.39 is 59.6 Å². The van der Waals surface area contributed by atoms with Gasteiger partial charge in [0.15, 0.2) is 34.8 Å². The molecular weight excluding hydrogens is 1060 g/mol. The summed E-state index contributed by atoms with van der Waals surface area (Å²) in [6, 6.07) is 23.5. The lowest BCUT2D eigenvalue weighted by Crippen LogP contribution is -2.33. The first-order valence-electron chi connectivity index (χ1n) is 24.8. The number of ether oxygens (including phenoxy) is 3. The Morgan fingerprint density at radius 2 is 1.12 bits per heavy atom. The molecule has 6 rings (SSSR count). The molecule has 426 valence electrons. The van der Waals surface area contributed by atoms with E-state index in [1.54, 1.807) is 67.6 Å². The summed E-state index contributed by atoms with van der Waals surface area (Å²) in [5.41, 5.74) is 15.5. The molecule has 0 radical (unpaired) electrons. The summed E-state index contributed by atoms with van der Waals surface area (Å²) >= 11 is 5.42. The van der Waals surface area contributed by atoms with E-state index in [4.69, 9.17) is 40.0 Å². The van der Waals surface area contributed by atoms with Gasteiger partial charge in [-0.05, 0) is 79.8 Å². The van der Waals surface area contributed by atoms with Gasteiger partial charge in [0.2, 0.25) is 17.6 Å². The summed E-state index contributed by atoms with van der Waals surface area (Å²) in [6.07, 6.45) is 4.76. The molecule has 80 heavy (non-hydrogen) atoms. The van der Waals surface area contributed by atoms with Gasteiger partial charge in [-0.15, -0.1) is 11.6 Å². The molecule has 0 heterocycles. The zero-order chi connectivity index (χ0) is 59.5. The fourth-order valence-corrected chi connectivity index (χ4v) is 7.95. The lowest BCUT2D eigenvalue weighted by molar-refractivity contribution is -0.158. The molecule has 0 saturated carbocycles. The first-order valence-corrected chi connectivity index (χ1v) is 25.4. The Morgan fingerprint density at radius 1 is 0.637 bits per heavy atom. The predicted molar refractivity (Wildman–Crippen MR) is 287 cm³/mol. The van der Waals surface area contributed by atoms with Gasteiger partial charge in [0.25, 0.3) is 0 Å². The number of Topliss-reactive ketones (excluding diaryl/α,β-unsaturated/α-hetero) is 5. The van der Waals surface area contributed by atoms with Crippen LogP contribution >= 0.6 is 11.6 Å². The molecule has 0 fully saturated rings. The average molecular weight is 1130 g/mol. The maximum Gasteiger partial charge on any atom is 0.342 e. The normalized spacial score (nSPS) is 13.4. The molecule has 4 aromatic rings. The highest BCUT2D eigenvalue weighted by Gasteiger charge is 2.38. The van der Waals surface area contributed by atoms with Crippen LogP contribution in [-0.2, 0) is 78.3 Å². The lowest BCUT2D eigenvalue weighted by atomic mass is 9.81. The molecule has 22 nitrogen and oxygen atoms in total. The lowest BCUT2D eigenvalue weighted by Gasteiger charge is -2.21.